The predicted octanol–water partition coefficient (Wildman–Crippen LogP) is 2.09. The Hall–Kier alpha value is -0.370. The first kappa shape index (κ1) is 10.7. The normalized spacial score (nSPS) is 30.1. The van der Waals surface area contributed by atoms with Crippen LogP contribution >= 0.6 is 0 Å². The van der Waals surface area contributed by atoms with Gasteiger partial charge in [0.1, 0.15) is 6.29 Å². The molecule has 1 saturated carbocycles. The van der Waals surface area contributed by atoms with E-state index in [0.717, 1.165) is 12.7 Å². The molecule has 2 heteroatoms. The molecular weight excluding hydrogens is 162 g/mol. The molecular formula is C11H21NO. The quantitative estimate of drug-likeness (QED) is 0.493. The van der Waals surface area contributed by atoms with Crippen LogP contribution in [0.4, 0.5) is 0 Å². The van der Waals surface area contributed by atoms with E-state index in [9.17, 15) is 4.79 Å². The lowest BCUT2D eigenvalue weighted by Gasteiger charge is -2.29. The summed E-state index contributed by atoms with van der Waals surface area (Å²) in [5.41, 5.74) is 0. The molecule has 0 aromatic heterocycles. The van der Waals surface area contributed by atoms with Crippen molar-refractivity contribution in [2.24, 2.45) is 5.92 Å². The second-order valence-electron chi connectivity index (χ2n) is 4.33. The third-order valence-electron chi connectivity index (χ3n) is 3.18. The monoisotopic (exact) mass is 183 g/mol. The van der Waals surface area contributed by atoms with Crippen LogP contribution in [0.1, 0.15) is 38.5 Å². The Morgan fingerprint density at radius 1 is 1.23 bits per heavy atom. The van der Waals surface area contributed by atoms with Crippen LogP contribution < -0.4 is 0 Å². The van der Waals surface area contributed by atoms with E-state index in [4.69, 9.17) is 0 Å². The van der Waals surface area contributed by atoms with Gasteiger partial charge in [-0.1, -0.05) is 19.3 Å². The van der Waals surface area contributed by atoms with Gasteiger partial charge in [0.25, 0.3) is 0 Å². The number of carbonyl (C=O) groups is 1. The third kappa shape index (κ3) is 3.11. The van der Waals surface area contributed by atoms with E-state index < -0.39 is 0 Å². The first-order valence-electron chi connectivity index (χ1n) is 5.35. The molecule has 0 heterocycles. The Balaban J connectivity index is 2.55. The van der Waals surface area contributed by atoms with Gasteiger partial charge in [0.05, 0.1) is 0 Å². The summed E-state index contributed by atoms with van der Waals surface area (Å²) in [4.78, 5) is 12.8. The van der Waals surface area contributed by atoms with Crippen LogP contribution in [0.15, 0.2) is 0 Å². The van der Waals surface area contributed by atoms with Crippen molar-refractivity contribution in [3.8, 4) is 0 Å². The molecule has 2 unspecified atom stereocenters. The van der Waals surface area contributed by atoms with Crippen molar-refractivity contribution in [2.75, 3.05) is 14.1 Å². The minimum Gasteiger partial charge on any atom is -0.306 e. The van der Waals surface area contributed by atoms with Gasteiger partial charge in [-0.15, -0.1) is 0 Å². The van der Waals surface area contributed by atoms with Gasteiger partial charge in [-0.25, -0.2) is 0 Å². The van der Waals surface area contributed by atoms with Crippen molar-refractivity contribution < 1.29 is 4.79 Å². The molecule has 0 aromatic carbocycles. The average Bonchev–Trinajstić information content (AvgIpc) is 2.30. The smallest absolute Gasteiger partial charge is 0.120 e. The van der Waals surface area contributed by atoms with Crippen molar-refractivity contribution in [1.29, 1.82) is 0 Å². The van der Waals surface area contributed by atoms with Crippen LogP contribution in [-0.4, -0.2) is 31.3 Å². The second-order valence-corrected chi connectivity index (χ2v) is 4.33. The molecule has 0 aromatic rings. The van der Waals surface area contributed by atoms with Gasteiger partial charge in [-0.2, -0.15) is 0 Å². The molecule has 0 aliphatic heterocycles. The number of carbonyl (C=O) groups excluding carboxylic acids is 1. The Morgan fingerprint density at radius 2 is 1.92 bits per heavy atom. The van der Waals surface area contributed by atoms with Gasteiger partial charge in [0, 0.05) is 12.5 Å². The first-order valence-corrected chi connectivity index (χ1v) is 5.35. The maximum atomic E-state index is 10.5. The zero-order valence-electron chi connectivity index (χ0n) is 8.83. The van der Waals surface area contributed by atoms with Gasteiger partial charge in [0.15, 0.2) is 0 Å². The van der Waals surface area contributed by atoms with Gasteiger partial charge in [0.2, 0.25) is 0 Å². The van der Waals surface area contributed by atoms with Crippen molar-refractivity contribution in [3.63, 3.8) is 0 Å². The first-order chi connectivity index (χ1) is 6.25. The summed E-state index contributed by atoms with van der Waals surface area (Å²) < 4.78 is 0. The van der Waals surface area contributed by atoms with Gasteiger partial charge in [-0.3, -0.25) is 0 Å². The number of nitrogens with zero attached hydrogens (tertiary/aromatic N) is 1. The summed E-state index contributed by atoms with van der Waals surface area (Å²) in [6.07, 6.45) is 8.34. The Morgan fingerprint density at radius 3 is 2.54 bits per heavy atom. The van der Waals surface area contributed by atoms with Crippen LogP contribution in [0.3, 0.4) is 0 Å². The highest BCUT2D eigenvalue weighted by molar-refractivity contribution is 5.49. The van der Waals surface area contributed by atoms with E-state index in [-0.39, 0.29) is 0 Å². The summed E-state index contributed by atoms with van der Waals surface area (Å²) in [6, 6.07) is 0.632. The van der Waals surface area contributed by atoms with E-state index >= 15 is 0 Å². The molecule has 1 aliphatic rings. The van der Waals surface area contributed by atoms with Crippen LogP contribution in [0.25, 0.3) is 0 Å². The number of aldehydes is 1. The van der Waals surface area contributed by atoms with Crippen molar-refractivity contribution in [1.82, 2.24) is 4.90 Å². The molecule has 2 nitrogen and oxygen atoms in total. The summed E-state index contributed by atoms with van der Waals surface area (Å²) >= 11 is 0. The zero-order chi connectivity index (χ0) is 9.68. The highest BCUT2D eigenvalue weighted by Gasteiger charge is 2.24. The summed E-state index contributed by atoms with van der Waals surface area (Å²) in [5.74, 6) is 0.606. The Kier molecular flexibility index (Phi) is 4.43. The predicted molar refractivity (Wildman–Crippen MR) is 54.7 cm³/mol. The lowest BCUT2D eigenvalue weighted by atomic mass is 9.91. The van der Waals surface area contributed by atoms with Gasteiger partial charge in [-0.05, 0) is 32.9 Å². The molecule has 0 bridgehead atoms. The highest BCUT2D eigenvalue weighted by Crippen LogP contribution is 2.27. The molecule has 0 spiro atoms. The van der Waals surface area contributed by atoms with Crippen LogP contribution in [0.2, 0.25) is 0 Å². The van der Waals surface area contributed by atoms with Crippen molar-refractivity contribution >= 4 is 6.29 Å². The lowest BCUT2D eigenvalue weighted by molar-refractivity contribution is -0.109. The topological polar surface area (TPSA) is 20.3 Å². The Labute approximate surface area is 81.3 Å². The minimum atomic E-state index is 0.606. The highest BCUT2D eigenvalue weighted by atomic mass is 16.1. The zero-order valence-corrected chi connectivity index (χ0v) is 8.83. The molecule has 0 N–H and O–H groups in total. The molecule has 0 saturated heterocycles. The fraction of sp³-hybridized carbons (Fsp3) is 0.909. The lowest BCUT2D eigenvalue weighted by Crippen LogP contribution is -2.34. The molecule has 2 atom stereocenters. The average molecular weight is 183 g/mol. The Bertz CT molecular complexity index is 156. The van der Waals surface area contributed by atoms with E-state index in [2.05, 4.69) is 19.0 Å². The standard InChI is InChI=1S/C11H21NO/c1-12(2)11-7-5-3-4-6-10(11)8-9-13/h9-11H,3-8H2,1-2H3. The second kappa shape index (κ2) is 5.38. The van der Waals surface area contributed by atoms with E-state index in [1.807, 2.05) is 0 Å². The van der Waals surface area contributed by atoms with Crippen molar-refractivity contribution in [3.05, 3.63) is 0 Å². The fourth-order valence-corrected chi connectivity index (χ4v) is 2.44. The molecule has 1 rings (SSSR count). The summed E-state index contributed by atoms with van der Waals surface area (Å²) in [5, 5.41) is 0. The van der Waals surface area contributed by atoms with Gasteiger partial charge < -0.3 is 9.69 Å². The molecule has 76 valence electrons. The van der Waals surface area contributed by atoms with Crippen LogP contribution in [0, 0.1) is 5.92 Å². The van der Waals surface area contributed by atoms with E-state index in [0.29, 0.717) is 12.0 Å². The maximum Gasteiger partial charge on any atom is 0.120 e. The largest absolute Gasteiger partial charge is 0.306 e. The fourth-order valence-electron chi connectivity index (χ4n) is 2.44. The molecule has 0 amide bonds. The van der Waals surface area contributed by atoms with Crippen LogP contribution in [-0.2, 0) is 4.79 Å². The molecule has 1 fully saturated rings. The number of hydrogen-bond acceptors (Lipinski definition) is 2. The molecule has 13 heavy (non-hydrogen) atoms. The van der Waals surface area contributed by atoms with Gasteiger partial charge >= 0.3 is 0 Å². The SMILES string of the molecule is CN(C)C1CCCCCC1CC=O. The third-order valence-corrected chi connectivity index (χ3v) is 3.18. The minimum absolute atomic E-state index is 0.606. The van der Waals surface area contributed by atoms with Crippen molar-refractivity contribution in [2.45, 2.75) is 44.6 Å². The van der Waals surface area contributed by atoms with E-state index in [1.165, 1.54) is 32.1 Å². The van der Waals surface area contributed by atoms with Crippen LogP contribution in [0.5, 0.6) is 0 Å². The molecule has 1 aliphatic carbocycles. The molecule has 0 radical (unpaired) electrons. The summed E-state index contributed by atoms with van der Waals surface area (Å²) in [6.45, 7) is 0. The van der Waals surface area contributed by atoms with E-state index in [1.54, 1.807) is 0 Å². The maximum absolute atomic E-state index is 10.5. The summed E-state index contributed by atoms with van der Waals surface area (Å²) in [7, 11) is 4.27. The number of rotatable bonds is 3. The number of hydrogen-bond donors (Lipinski definition) is 0.